The van der Waals surface area contributed by atoms with Crippen molar-refractivity contribution in [3.63, 3.8) is 0 Å². The number of aromatic nitrogens is 2. The summed E-state index contributed by atoms with van der Waals surface area (Å²) in [6.07, 6.45) is 1.26. The minimum Gasteiger partial charge on any atom is -0.508 e. The molecule has 9 nitrogen and oxygen atoms in total. The lowest BCUT2D eigenvalue weighted by Gasteiger charge is -1.97. The molecule has 0 unspecified atom stereocenters. The Morgan fingerprint density at radius 1 is 1.32 bits per heavy atom. The number of phenolic OH excluding ortho intramolecular Hbond substituents is 2. The average Bonchev–Trinajstić information content (AvgIpc) is 2.78. The molecule has 98 valence electrons. The van der Waals surface area contributed by atoms with Crippen molar-refractivity contribution < 1.29 is 14.8 Å². The average molecular weight is 262 g/mol. The molecule has 0 atom stereocenters. The molecule has 2 rings (SSSR count). The van der Waals surface area contributed by atoms with Gasteiger partial charge in [0.05, 0.1) is 6.21 Å². The van der Waals surface area contributed by atoms with Crippen LogP contribution in [0.25, 0.3) is 0 Å². The van der Waals surface area contributed by atoms with Crippen molar-refractivity contribution in [3.8, 4) is 11.5 Å². The number of nitrogens with two attached hydrogens (primary N) is 2. The summed E-state index contributed by atoms with van der Waals surface area (Å²) in [5.41, 5.74) is 11.4. The van der Waals surface area contributed by atoms with Gasteiger partial charge in [0.25, 0.3) is 0 Å². The number of hydrogen-bond acceptors (Lipinski definition) is 8. The van der Waals surface area contributed by atoms with E-state index in [4.69, 9.17) is 16.6 Å². The summed E-state index contributed by atoms with van der Waals surface area (Å²) in [4.78, 5) is 0. The number of aromatic hydroxyl groups is 2. The molecule has 1 aromatic heterocycles. The van der Waals surface area contributed by atoms with E-state index in [-0.39, 0.29) is 28.8 Å². The third-order valence-electron chi connectivity index (χ3n) is 2.13. The number of nitrogens with zero attached hydrogens (tertiary/aromatic N) is 4. The van der Waals surface area contributed by atoms with Gasteiger partial charge >= 0.3 is 0 Å². The zero-order valence-corrected chi connectivity index (χ0v) is 9.56. The fourth-order valence-electron chi connectivity index (χ4n) is 1.22. The quantitative estimate of drug-likeness (QED) is 0.339. The van der Waals surface area contributed by atoms with Crippen molar-refractivity contribution >= 4 is 17.9 Å². The first-order valence-electron chi connectivity index (χ1n) is 5.05. The number of benzene rings is 1. The molecule has 0 saturated heterocycles. The Hall–Kier alpha value is -3.10. The summed E-state index contributed by atoms with van der Waals surface area (Å²) in [5, 5.41) is 32.7. The van der Waals surface area contributed by atoms with Gasteiger partial charge in [0.15, 0.2) is 17.3 Å². The molecule has 2 aromatic rings. The van der Waals surface area contributed by atoms with Gasteiger partial charge in [-0.1, -0.05) is 0 Å². The summed E-state index contributed by atoms with van der Waals surface area (Å²) in [5.74, 6) is -0.267. The highest BCUT2D eigenvalue weighted by Gasteiger charge is 2.09. The Labute approximate surface area is 106 Å². The van der Waals surface area contributed by atoms with Gasteiger partial charge in [0.2, 0.25) is 0 Å². The maximum Gasteiger partial charge on any atom is 0.199 e. The third kappa shape index (κ3) is 2.77. The van der Waals surface area contributed by atoms with Crippen LogP contribution in [0.2, 0.25) is 0 Å². The number of phenols is 2. The van der Waals surface area contributed by atoms with E-state index in [0.717, 1.165) is 0 Å². The first-order valence-corrected chi connectivity index (χ1v) is 5.05. The van der Waals surface area contributed by atoms with Gasteiger partial charge in [-0.05, 0) is 22.4 Å². The molecule has 0 spiro atoms. The molecule has 1 aromatic carbocycles. The van der Waals surface area contributed by atoms with E-state index in [9.17, 15) is 5.11 Å². The Kier molecular flexibility index (Phi) is 3.28. The highest BCUT2D eigenvalue weighted by molar-refractivity contribution is 5.99. The summed E-state index contributed by atoms with van der Waals surface area (Å²) < 4.78 is 4.36. The molecule has 1 heterocycles. The molecular formula is C10H10N6O3. The number of rotatable bonds is 3. The number of hydrogen-bond donors (Lipinski definition) is 4. The highest BCUT2D eigenvalue weighted by Crippen LogP contribution is 2.20. The zero-order valence-electron chi connectivity index (χ0n) is 9.56. The molecule has 9 heteroatoms. The minimum atomic E-state index is -0.139. The largest absolute Gasteiger partial charge is 0.508 e. The van der Waals surface area contributed by atoms with Gasteiger partial charge in [0, 0.05) is 11.6 Å². The van der Waals surface area contributed by atoms with Crippen molar-refractivity contribution in [2.45, 2.75) is 0 Å². The maximum absolute atomic E-state index is 9.50. The molecule has 0 saturated carbocycles. The molecule has 6 N–H and O–H groups in total. The van der Waals surface area contributed by atoms with Crippen molar-refractivity contribution in [1.29, 1.82) is 0 Å². The topological polar surface area (TPSA) is 156 Å². The van der Waals surface area contributed by atoms with E-state index >= 15 is 0 Å². The highest BCUT2D eigenvalue weighted by atomic mass is 16.6. The van der Waals surface area contributed by atoms with Crippen LogP contribution in [0.5, 0.6) is 11.5 Å². The Balaban J connectivity index is 2.17. The van der Waals surface area contributed by atoms with Gasteiger partial charge in [0.1, 0.15) is 11.5 Å². The van der Waals surface area contributed by atoms with Crippen LogP contribution in [0.1, 0.15) is 11.3 Å². The molecule has 0 bridgehead atoms. The van der Waals surface area contributed by atoms with E-state index in [1.54, 1.807) is 0 Å². The number of amidine groups is 1. The predicted octanol–water partition coefficient (Wildman–Crippen LogP) is -0.198. The Morgan fingerprint density at radius 2 is 2.11 bits per heavy atom. The van der Waals surface area contributed by atoms with Crippen LogP contribution in [-0.2, 0) is 0 Å². The van der Waals surface area contributed by atoms with Gasteiger partial charge in [-0.2, -0.15) is 5.10 Å². The molecule has 0 radical (unpaired) electrons. The van der Waals surface area contributed by atoms with Crippen LogP contribution < -0.4 is 11.5 Å². The second-order valence-corrected chi connectivity index (χ2v) is 3.47. The first-order chi connectivity index (χ1) is 9.08. The summed E-state index contributed by atoms with van der Waals surface area (Å²) in [6, 6.07) is 4.04. The first kappa shape index (κ1) is 12.4. The molecule has 0 fully saturated rings. The van der Waals surface area contributed by atoms with Gasteiger partial charge in [-0.25, -0.2) is 4.63 Å². The fraction of sp³-hybridized carbons (Fsp3) is 0. The molecular weight excluding hydrogens is 252 g/mol. The second kappa shape index (κ2) is 5.04. The van der Waals surface area contributed by atoms with Gasteiger partial charge in [-0.15, -0.1) is 5.10 Å². The Bertz CT molecular complexity index is 648. The van der Waals surface area contributed by atoms with Crippen LogP contribution >= 0.6 is 0 Å². The van der Waals surface area contributed by atoms with Crippen molar-refractivity contribution in [2.24, 2.45) is 15.9 Å². The standard InChI is InChI=1S/C10H10N6O3/c11-9(8-10(12)16-19-15-8)14-13-4-5-1-2-6(17)3-7(5)18/h1-4,17-18H,(H2,11,14)(H2,12,16)/b13-4+. The molecule has 0 aliphatic heterocycles. The smallest absolute Gasteiger partial charge is 0.199 e. The van der Waals surface area contributed by atoms with Crippen LogP contribution in [0, 0.1) is 0 Å². The van der Waals surface area contributed by atoms with Crippen LogP contribution in [-0.4, -0.2) is 32.6 Å². The van der Waals surface area contributed by atoms with Crippen molar-refractivity contribution in [1.82, 2.24) is 10.3 Å². The van der Waals surface area contributed by atoms with E-state index in [1.165, 1.54) is 24.4 Å². The Morgan fingerprint density at radius 3 is 2.74 bits per heavy atom. The normalized spacial score (nSPS) is 12.1. The lowest BCUT2D eigenvalue weighted by Crippen LogP contribution is -2.15. The van der Waals surface area contributed by atoms with Crippen molar-refractivity contribution in [3.05, 3.63) is 29.5 Å². The van der Waals surface area contributed by atoms with E-state index < -0.39 is 0 Å². The fourth-order valence-corrected chi connectivity index (χ4v) is 1.22. The van der Waals surface area contributed by atoms with Gasteiger partial charge in [-0.3, -0.25) is 0 Å². The molecule has 0 aliphatic carbocycles. The summed E-state index contributed by atoms with van der Waals surface area (Å²) in [7, 11) is 0. The van der Waals surface area contributed by atoms with Crippen LogP contribution in [0.4, 0.5) is 5.82 Å². The monoisotopic (exact) mass is 262 g/mol. The molecule has 0 aliphatic rings. The summed E-state index contributed by atoms with van der Waals surface area (Å²) >= 11 is 0. The molecule has 19 heavy (non-hydrogen) atoms. The number of anilines is 1. The predicted molar refractivity (Wildman–Crippen MR) is 66.8 cm³/mol. The SMILES string of the molecule is N/C(=N\N=C\c1ccc(O)cc1O)c1nonc1N. The maximum atomic E-state index is 9.50. The lowest BCUT2D eigenvalue weighted by atomic mass is 10.2. The third-order valence-corrected chi connectivity index (χ3v) is 2.13. The van der Waals surface area contributed by atoms with E-state index in [1.807, 2.05) is 0 Å². The van der Waals surface area contributed by atoms with Crippen molar-refractivity contribution in [2.75, 3.05) is 5.73 Å². The summed E-state index contributed by atoms with van der Waals surface area (Å²) in [6.45, 7) is 0. The van der Waals surface area contributed by atoms with E-state index in [2.05, 4.69) is 25.1 Å². The number of nitrogen functional groups attached to an aromatic ring is 1. The zero-order chi connectivity index (χ0) is 13.8. The van der Waals surface area contributed by atoms with Crippen LogP contribution in [0.15, 0.2) is 33.0 Å². The molecule has 0 amide bonds. The van der Waals surface area contributed by atoms with E-state index in [0.29, 0.717) is 5.56 Å². The van der Waals surface area contributed by atoms with Gasteiger partial charge < -0.3 is 21.7 Å². The minimum absolute atomic E-state index is 0.00364. The second-order valence-electron chi connectivity index (χ2n) is 3.47. The van der Waals surface area contributed by atoms with Crippen LogP contribution in [0.3, 0.4) is 0 Å². The lowest BCUT2D eigenvalue weighted by molar-refractivity contribution is 0.308.